The Balaban J connectivity index is 2.13. The lowest BCUT2D eigenvalue weighted by Gasteiger charge is -2.07. The number of nitrogens with one attached hydrogen (secondary N) is 2. The van der Waals surface area contributed by atoms with E-state index in [1.807, 2.05) is 0 Å². The van der Waals surface area contributed by atoms with Crippen LogP contribution < -0.4 is 10.6 Å². The summed E-state index contributed by atoms with van der Waals surface area (Å²) in [6.45, 7) is 8.95. The highest BCUT2D eigenvalue weighted by atomic mass is 32.2. The van der Waals surface area contributed by atoms with Crippen LogP contribution in [0.2, 0.25) is 0 Å². The number of hydrogen-bond donors (Lipinski definition) is 2. The van der Waals surface area contributed by atoms with Crippen molar-refractivity contribution in [2.24, 2.45) is 0 Å². The minimum absolute atomic E-state index is 0.139. The molecule has 1 rings (SSSR count). The van der Waals surface area contributed by atoms with E-state index in [-0.39, 0.29) is 5.91 Å². The Labute approximate surface area is 126 Å². The number of thioether (sulfide) groups is 1. The Bertz CT molecular complexity index is 421. The molecule has 20 heavy (non-hydrogen) atoms. The van der Waals surface area contributed by atoms with Crippen LogP contribution in [0.15, 0.2) is 23.1 Å². The highest BCUT2D eigenvalue weighted by Gasteiger charge is 2.02. The first kappa shape index (κ1) is 17.1. The molecule has 1 amide bonds. The summed E-state index contributed by atoms with van der Waals surface area (Å²) in [5.74, 6) is 0.969. The smallest absolute Gasteiger partial charge is 0.220 e. The number of hydrogen-bond acceptors (Lipinski definition) is 3. The number of benzene rings is 1. The van der Waals surface area contributed by atoms with Gasteiger partial charge in [0.25, 0.3) is 0 Å². The summed E-state index contributed by atoms with van der Waals surface area (Å²) in [6.07, 6.45) is 1.70. The molecule has 0 unspecified atom stereocenters. The van der Waals surface area contributed by atoms with E-state index in [1.165, 1.54) is 16.0 Å². The molecule has 0 aromatic heterocycles. The number of rotatable bonds is 9. The van der Waals surface area contributed by atoms with Crippen molar-refractivity contribution in [3.05, 3.63) is 29.3 Å². The summed E-state index contributed by atoms with van der Waals surface area (Å²) in [7, 11) is 0. The molecule has 2 N–H and O–H groups in total. The zero-order chi connectivity index (χ0) is 14.8. The summed E-state index contributed by atoms with van der Waals surface area (Å²) in [5.41, 5.74) is 2.62. The molecular weight excluding hydrogens is 268 g/mol. The summed E-state index contributed by atoms with van der Waals surface area (Å²) in [5, 5.41) is 6.20. The van der Waals surface area contributed by atoms with Crippen LogP contribution in [-0.4, -0.2) is 31.3 Å². The second-order valence-corrected chi connectivity index (χ2v) is 6.11. The average molecular weight is 294 g/mol. The third-order valence-electron chi connectivity index (χ3n) is 3.13. The maximum absolute atomic E-state index is 11.6. The van der Waals surface area contributed by atoms with Gasteiger partial charge in [0.1, 0.15) is 0 Å². The number of amides is 1. The molecule has 112 valence electrons. The average Bonchev–Trinajstić information content (AvgIpc) is 2.42. The quantitative estimate of drug-likeness (QED) is 0.543. The predicted octanol–water partition coefficient (Wildman–Crippen LogP) is 2.90. The van der Waals surface area contributed by atoms with Gasteiger partial charge in [0.05, 0.1) is 0 Å². The summed E-state index contributed by atoms with van der Waals surface area (Å²) >= 11 is 1.74. The molecule has 0 bridgehead atoms. The molecule has 0 spiro atoms. The molecule has 0 radical (unpaired) electrons. The van der Waals surface area contributed by atoms with Gasteiger partial charge in [0.15, 0.2) is 0 Å². The lowest BCUT2D eigenvalue weighted by atomic mass is 10.1. The van der Waals surface area contributed by atoms with Gasteiger partial charge in [-0.05, 0) is 50.1 Å². The Kier molecular flexibility index (Phi) is 8.38. The molecule has 0 fully saturated rings. The highest BCUT2D eigenvalue weighted by molar-refractivity contribution is 7.99. The van der Waals surface area contributed by atoms with Crippen LogP contribution >= 0.6 is 11.8 Å². The van der Waals surface area contributed by atoms with E-state index in [0.717, 1.165) is 25.3 Å². The summed E-state index contributed by atoms with van der Waals surface area (Å²) in [6, 6.07) is 6.45. The molecule has 4 heteroatoms. The van der Waals surface area contributed by atoms with E-state index in [2.05, 4.69) is 49.6 Å². The molecule has 0 atom stereocenters. The van der Waals surface area contributed by atoms with Crippen molar-refractivity contribution in [3.8, 4) is 0 Å². The molecule has 1 aromatic carbocycles. The minimum atomic E-state index is 0.139. The van der Waals surface area contributed by atoms with Gasteiger partial charge in [-0.1, -0.05) is 13.0 Å². The monoisotopic (exact) mass is 294 g/mol. The van der Waals surface area contributed by atoms with Gasteiger partial charge < -0.3 is 10.6 Å². The van der Waals surface area contributed by atoms with Crippen LogP contribution in [0.1, 0.15) is 30.9 Å². The Morgan fingerprint density at radius 3 is 2.65 bits per heavy atom. The number of carbonyl (C=O) groups excluding carboxylic acids is 1. The fraction of sp³-hybridized carbons (Fsp3) is 0.562. The first-order valence-corrected chi connectivity index (χ1v) is 8.29. The Hall–Kier alpha value is -1.00. The van der Waals surface area contributed by atoms with Gasteiger partial charge in [0.2, 0.25) is 5.91 Å². The molecule has 1 aromatic rings. The first-order valence-electron chi connectivity index (χ1n) is 7.31. The van der Waals surface area contributed by atoms with Crippen molar-refractivity contribution in [2.45, 2.75) is 38.5 Å². The summed E-state index contributed by atoms with van der Waals surface area (Å²) in [4.78, 5) is 12.9. The van der Waals surface area contributed by atoms with Crippen molar-refractivity contribution in [2.75, 3.05) is 25.4 Å². The van der Waals surface area contributed by atoms with Crippen molar-refractivity contribution in [3.63, 3.8) is 0 Å². The number of carbonyl (C=O) groups is 1. The predicted molar refractivity (Wildman–Crippen MR) is 87.4 cm³/mol. The van der Waals surface area contributed by atoms with Crippen LogP contribution in [0.4, 0.5) is 0 Å². The molecular formula is C16H26N2OS. The normalized spacial score (nSPS) is 10.6. The fourth-order valence-corrected chi connectivity index (χ4v) is 2.69. The molecule has 0 aliphatic heterocycles. The topological polar surface area (TPSA) is 41.1 Å². The van der Waals surface area contributed by atoms with Crippen molar-refractivity contribution < 1.29 is 4.79 Å². The van der Waals surface area contributed by atoms with E-state index in [0.29, 0.717) is 13.0 Å². The maximum Gasteiger partial charge on any atom is 0.220 e. The van der Waals surface area contributed by atoms with Gasteiger partial charge in [-0.25, -0.2) is 0 Å². The standard InChI is InChI=1S/C16H26N2OS/c1-4-8-17-9-10-18-16(19)7-11-20-15-6-5-13(2)14(3)12-15/h5-6,12,17H,4,7-11H2,1-3H3,(H,18,19). The minimum Gasteiger partial charge on any atom is -0.355 e. The third-order valence-corrected chi connectivity index (χ3v) is 4.12. The SMILES string of the molecule is CCCNCCNC(=O)CCSc1ccc(C)c(C)c1. The van der Waals surface area contributed by atoms with Crippen LogP contribution in [0.5, 0.6) is 0 Å². The van der Waals surface area contributed by atoms with Gasteiger partial charge in [-0.3, -0.25) is 4.79 Å². The van der Waals surface area contributed by atoms with Crippen molar-refractivity contribution in [1.82, 2.24) is 10.6 Å². The highest BCUT2D eigenvalue weighted by Crippen LogP contribution is 2.21. The van der Waals surface area contributed by atoms with E-state index >= 15 is 0 Å². The molecule has 0 aliphatic rings. The van der Waals surface area contributed by atoms with Crippen LogP contribution in [0, 0.1) is 13.8 Å². The number of aryl methyl sites for hydroxylation is 2. The van der Waals surface area contributed by atoms with E-state index in [9.17, 15) is 4.79 Å². The van der Waals surface area contributed by atoms with Gasteiger partial charge >= 0.3 is 0 Å². The Morgan fingerprint density at radius 1 is 1.15 bits per heavy atom. The maximum atomic E-state index is 11.6. The van der Waals surface area contributed by atoms with Crippen LogP contribution in [0.3, 0.4) is 0 Å². The van der Waals surface area contributed by atoms with E-state index < -0.39 is 0 Å². The van der Waals surface area contributed by atoms with Crippen LogP contribution in [0.25, 0.3) is 0 Å². The zero-order valence-corrected chi connectivity index (χ0v) is 13.6. The lowest BCUT2D eigenvalue weighted by molar-refractivity contribution is -0.120. The fourth-order valence-electron chi connectivity index (χ4n) is 1.75. The van der Waals surface area contributed by atoms with E-state index in [1.54, 1.807) is 11.8 Å². The summed E-state index contributed by atoms with van der Waals surface area (Å²) < 4.78 is 0. The zero-order valence-electron chi connectivity index (χ0n) is 12.8. The van der Waals surface area contributed by atoms with Gasteiger partial charge in [0, 0.05) is 30.2 Å². The Morgan fingerprint density at radius 2 is 1.95 bits per heavy atom. The van der Waals surface area contributed by atoms with Crippen LogP contribution in [-0.2, 0) is 4.79 Å². The van der Waals surface area contributed by atoms with Crippen molar-refractivity contribution in [1.29, 1.82) is 0 Å². The first-order chi connectivity index (χ1) is 9.63. The second kappa shape index (κ2) is 9.83. The molecule has 0 saturated carbocycles. The van der Waals surface area contributed by atoms with Gasteiger partial charge in [-0.2, -0.15) is 0 Å². The molecule has 0 heterocycles. The second-order valence-electron chi connectivity index (χ2n) is 4.94. The molecule has 3 nitrogen and oxygen atoms in total. The largest absolute Gasteiger partial charge is 0.355 e. The van der Waals surface area contributed by atoms with Gasteiger partial charge in [-0.15, -0.1) is 11.8 Å². The third kappa shape index (κ3) is 6.96. The lowest BCUT2D eigenvalue weighted by Crippen LogP contribution is -2.32. The van der Waals surface area contributed by atoms with Crippen molar-refractivity contribution >= 4 is 17.7 Å². The molecule has 0 saturated heterocycles. The van der Waals surface area contributed by atoms with E-state index in [4.69, 9.17) is 0 Å². The molecule has 0 aliphatic carbocycles.